The minimum Gasteiger partial charge on any atom is -0.445 e. The number of benzene rings is 2. The largest absolute Gasteiger partial charge is 0.445 e. The first-order valence-electron chi connectivity index (χ1n) is 10.8. The molecule has 2 amide bonds. The molecule has 0 saturated carbocycles. The van der Waals surface area contributed by atoms with Gasteiger partial charge in [0.25, 0.3) is 5.91 Å². The monoisotopic (exact) mass is 525 g/mol. The lowest BCUT2D eigenvalue weighted by molar-refractivity contribution is 0.0194. The minimum atomic E-state index is -3.56. The van der Waals surface area contributed by atoms with E-state index in [9.17, 15) is 18.0 Å². The van der Waals surface area contributed by atoms with Crippen molar-refractivity contribution in [3.63, 3.8) is 0 Å². The summed E-state index contributed by atoms with van der Waals surface area (Å²) in [6.07, 6.45) is 0.545. The molecule has 0 spiro atoms. The molecule has 2 heterocycles. The van der Waals surface area contributed by atoms with Crippen LogP contribution in [-0.2, 0) is 21.4 Å². The molecular weight excluding hydrogens is 501 g/mol. The first kappa shape index (κ1) is 24.8. The third-order valence-corrected chi connectivity index (χ3v) is 7.96. The maximum absolute atomic E-state index is 13.0. The number of hydrogen-bond donors (Lipinski definition) is 1. The molecule has 2 aliphatic rings. The molecule has 4 rings (SSSR count). The van der Waals surface area contributed by atoms with Gasteiger partial charge in [0.05, 0.1) is 4.90 Å². The predicted molar refractivity (Wildman–Crippen MR) is 128 cm³/mol. The Balaban J connectivity index is 1.34. The number of fused-ring (bicyclic) bond motifs is 2. The highest BCUT2D eigenvalue weighted by molar-refractivity contribution is 7.89. The van der Waals surface area contributed by atoms with Crippen LogP contribution in [0.1, 0.15) is 22.3 Å². The molecule has 2 aliphatic heterocycles. The average molecular weight is 526 g/mol. The summed E-state index contributed by atoms with van der Waals surface area (Å²) in [6, 6.07) is 10.9. The summed E-state index contributed by atoms with van der Waals surface area (Å²) in [5.74, 6) is 0.152. The van der Waals surface area contributed by atoms with Crippen molar-refractivity contribution in [1.29, 1.82) is 0 Å². The van der Waals surface area contributed by atoms with E-state index in [1.165, 1.54) is 31.3 Å². The second kappa shape index (κ2) is 10.1. The van der Waals surface area contributed by atoms with Crippen molar-refractivity contribution >= 4 is 45.2 Å². The van der Waals surface area contributed by atoms with Gasteiger partial charge in [-0.05, 0) is 73.3 Å². The number of nitrogens with one attached hydrogen (secondary N) is 1. The fraction of sp³-hybridized carbons (Fsp3) is 0.391. The molecule has 2 bridgehead atoms. The number of sulfonamides is 1. The Hall–Kier alpha value is -2.33. The minimum absolute atomic E-state index is 0.0782. The molecule has 2 atom stereocenters. The van der Waals surface area contributed by atoms with Crippen LogP contribution in [0.15, 0.2) is 47.4 Å². The second-order valence-corrected chi connectivity index (χ2v) is 11.4. The van der Waals surface area contributed by atoms with E-state index in [1.54, 1.807) is 28.0 Å². The lowest BCUT2D eigenvalue weighted by Gasteiger charge is -2.45. The molecule has 8 nitrogen and oxygen atoms in total. The Kier molecular flexibility index (Phi) is 7.37. The summed E-state index contributed by atoms with van der Waals surface area (Å²) < 4.78 is 31.5. The number of hydrogen-bond acceptors (Lipinski definition) is 5. The van der Waals surface area contributed by atoms with Crippen LogP contribution in [0, 0.1) is 11.8 Å². The van der Waals surface area contributed by atoms with Gasteiger partial charge >= 0.3 is 6.09 Å². The van der Waals surface area contributed by atoms with Gasteiger partial charge in [0.15, 0.2) is 0 Å². The Morgan fingerprint density at radius 3 is 2.09 bits per heavy atom. The number of carbonyl (C=O) groups is 2. The number of rotatable bonds is 5. The highest BCUT2D eigenvalue weighted by Crippen LogP contribution is 2.30. The van der Waals surface area contributed by atoms with E-state index in [0.29, 0.717) is 47.4 Å². The van der Waals surface area contributed by atoms with Crippen LogP contribution >= 0.6 is 23.2 Å². The fourth-order valence-corrected chi connectivity index (χ4v) is 5.90. The topological polar surface area (TPSA) is 96.0 Å². The standard InChI is InChI=1S/C23H25Cl2N3O5S/c1-26-34(31,32)21-4-2-18(3-5-21)22(29)27-10-16-6-17(11-27)13-28(12-16)23(30)33-14-15-7-19(24)9-20(25)8-15/h2-5,7-9,16-17,26H,6,10-14H2,1H3/t16-,17-/m0/s1. The molecule has 1 N–H and O–H groups in total. The summed E-state index contributed by atoms with van der Waals surface area (Å²) in [6.45, 7) is 2.15. The summed E-state index contributed by atoms with van der Waals surface area (Å²) >= 11 is 12.0. The molecule has 2 aromatic rings. The summed E-state index contributed by atoms with van der Waals surface area (Å²) in [5.41, 5.74) is 1.15. The SMILES string of the molecule is CNS(=O)(=O)c1ccc(C(=O)N2C[C@@H]3C[C@H](CN(C(=O)OCc4cc(Cl)cc(Cl)c4)C3)C2)cc1. The van der Waals surface area contributed by atoms with E-state index in [2.05, 4.69) is 4.72 Å². The fourth-order valence-electron chi connectivity index (χ4n) is 4.60. The normalized spacial score (nSPS) is 20.2. The van der Waals surface area contributed by atoms with E-state index in [0.717, 1.165) is 6.42 Å². The Labute approximate surface area is 208 Å². The van der Waals surface area contributed by atoms with Crippen molar-refractivity contribution < 1.29 is 22.7 Å². The summed E-state index contributed by atoms with van der Waals surface area (Å²) in [4.78, 5) is 29.3. The molecule has 0 aromatic heterocycles. The van der Waals surface area contributed by atoms with Gasteiger partial charge in [-0.25, -0.2) is 17.9 Å². The summed E-state index contributed by atoms with van der Waals surface area (Å²) in [7, 11) is -2.22. The van der Waals surface area contributed by atoms with E-state index in [1.807, 2.05) is 0 Å². The molecule has 34 heavy (non-hydrogen) atoms. The molecule has 2 saturated heterocycles. The molecule has 182 valence electrons. The van der Waals surface area contributed by atoms with Crippen molar-refractivity contribution in [3.8, 4) is 0 Å². The van der Waals surface area contributed by atoms with Gasteiger partial charge in [0.1, 0.15) is 6.61 Å². The second-order valence-electron chi connectivity index (χ2n) is 8.65. The molecule has 0 aliphatic carbocycles. The van der Waals surface area contributed by atoms with Crippen molar-refractivity contribution in [2.24, 2.45) is 11.8 Å². The Bertz CT molecular complexity index is 1160. The average Bonchev–Trinajstić information content (AvgIpc) is 2.81. The van der Waals surface area contributed by atoms with E-state index in [-0.39, 0.29) is 29.2 Å². The van der Waals surface area contributed by atoms with E-state index >= 15 is 0 Å². The highest BCUT2D eigenvalue weighted by Gasteiger charge is 2.38. The molecular formula is C23H25Cl2N3O5S. The van der Waals surface area contributed by atoms with Crippen LogP contribution in [0.3, 0.4) is 0 Å². The molecule has 2 fully saturated rings. The lowest BCUT2D eigenvalue weighted by atomic mass is 9.84. The first-order valence-corrected chi connectivity index (χ1v) is 13.1. The van der Waals surface area contributed by atoms with Crippen molar-refractivity contribution in [1.82, 2.24) is 14.5 Å². The van der Waals surface area contributed by atoms with Gasteiger partial charge < -0.3 is 14.5 Å². The maximum atomic E-state index is 13.0. The number of piperidine rings is 2. The van der Waals surface area contributed by atoms with Gasteiger partial charge in [-0.15, -0.1) is 0 Å². The van der Waals surface area contributed by atoms with Crippen LogP contribution in [0.4, 0.5) is 4.79 Å². The van der Waals surface area contributed by atoms with Crippen LogP contribution in [0.25, 0.3) is 0 Å². The van der Waals surface area contributed by atoms with E-state index in [4.69, 9.17) is 27.9 Å². The van der Waals surface area contributed by atoms with Crippen LogP contribution in [0.5, 0.6) is 0 Å². The zero-order valence-electron chi connectivity index (χ0n) is 18.5. The number of nitrogens with zero attached hydrogens (tertiary/aromatic N) is 2. The summed E-state index contributed by atoms with van der Waals surface area (Å²) in [5, 5.41) is 0.961. The predicted octanol–water partition coefficient (Wildman–Crippen LogP) is 3.63. The van der Waals surface area contributed by atoms with E-state index < -0.39 is 16.1 Å². The van der Waals surface area contributed by atoms with Gasteiger partial charge in [0, 0.05) is 41.8 Å². The van der Waals surface area contributed by atoms with Crippen molar-refractivity contribution in [3.05, 3.63) is 63.6 Å². The van der Waals surface area contributed by atoms with Gasteiger partial charge in [0.2, 0.25) is 10.0 Å². The van der Waals surface area contributed by atoms with Crippen LogP contribution < -0.4 is 4.72 Å². The van der Waals surface area contributed by atoms with Crippen molar-refractivity contribution in [2.75, 3.05) is 33.2 Å². The number of likely N-dealkylation sites (tertiary alicyclic amines) is 2. The number of carbonyl (C=O) groups excluding carboxylic acids is 2. The third-order valence-electron chi connectivity index (χ3n) is 6.09. The number of halogens is 2. The molecule has 0 radical (unpaired) electrons. The van der Waals surface area contributed by atoms with Gasteiger partial charge in [-0.3, -0.25) is 4.79 Å². The first-order chi connectivity index (χ1) is 16.1. The third kappa shape index (κ3) is 5.66. The molecule has 11 heteroatoms. The smallest absolute Gasteiger partial charge is 0.410 e. The van der Waals surface area contributed by atoms with Crippen LogP contribution in [-0.4, -0.2) is 63.4 Å². The van der Waals surface area contributed by atoms with Crippen LogP contribution in [0.2, 0.25) is 10.0 Å². The number of ether oxygens (including phenoxy) is 1. The zero-order valence-corrected chi connectivity index (χ0v) is 20.9. The molecule has 0 unspecified atom stereocenters. The Morgan fingerprint density at radius 2 is 1.53 bits per heavy atom. The van der Waals surface area contributed by atoms with Gasteiger partial charge in [-0.2, -0.15) is 0 Å². The number of amides is 2. The zero-order chi connectivity index (χ0) is 24.5. The lowest BCUT2D eigenvalue weighted by Crippen LogP contribution is -2.55. The molecule has 2 aromatic carbocycles. The van der Waals surface area contributed by atoms with Gasteiger partial charge in [-0.1, -0.05) is 23.2 Å². The quantitative estimate of drug-likeness (QED) is 0.642. The Morgan fingerprint density at radius 1 is 0.971 bits per heavy atom. The highest BCUT2D eigenvalue weighted by atomic mass is 35.5. The van der Waals surface area contributed by atoms with Crippen molar-refractivity contribution in [2.45, 2.75) is 17.9 Å². The maximum Gasteiger partial charge on any atom is 0.410 e.